The van der Waals surface area contributed by atoms with Crippen molar-refractivity contribution in [1.29, 1.82) is 0 Å². The Morgan fingerprint density at radius 2 is 1.73 bits per heavy atom. The number of nitrogens with zero attached hydrogens (tertiary/aromatic N) is 2. The Labute approximate surface area is 134 Å². The second kappa shape index (κ2) is 5.73. The normalized spacial score (nSPS) is 10.6. The Morgan fingerprint density at radius 1 is 1.09 bits per heavy atom. The molecule has 0 saturated carbocycles. The number of hydrogen-bond acceptors (Lipinski definition) is 3. The lowest BCUT2D eigenvalue weighted by atomic mass is 10.1. The largest absolute Gasteiger partial charge is 0.320 e. The van der Waals surface area contributed by atoms with Crippen molar-refractivity contribution in [3.63, 3.8) is 0 Å². The first kappa shape index (κ1) is 14.5. The third-order valence-electron chi connectivity index (χ3n) is 3.29. The third-order valence-corrected chi connectivity index (χ3v) is 3.99. The van der Waals surface area contributed by atoms with E-state index in [-0.39, 0.29) is 17.2 Å². The molecule has 0 atom stereocenters. The second-order valence-corrected chi connectivity index (χ2v) is 5.61. The van der Waals surface area contributed by atoms with Crippen molar-refractivity contribution in [3.05, 3.63) is 69.1 Å². The number of rotatable bonds is 2. The number of aryl methyl sites for hydroxylation is 1. The molecular formula is C16H12BrN3O2. The summed E-state index contributed by atoms with van der Waals surface area (Å²) in [6.07, 6.45) is 0. The minimum atomic E-state index is -0.362. The van der Waals surface area contributed by atoms with Gasteiger partial charge in [-0.3, -0.25) is 9.59 Å². The summed E-state index contributed by atoms with van der Waals surface area (Å²) in [5, 5.41) is 7.91. The molecule has 0 spiro atoms. The molecule has 1 aromatic heterocycles. The number of carbonyl (C=O) groups excluding carboxylic acids is 1. The smallest absolute Gasteiger partial charge is 0.276 e. The van der Waals surface area contributed by atoms with Gasteiger partial charge in [-0.25, -0.2) is 4.68 Å². The molecule has 22 heavy (non-hydrogen) atoms. The van der Waals surface area contributed by atoms with Gasteiger partial charge in [0.2, 0.25) is 0 Å². The molecule has 3 rings (SSSR count). The minimum absolute atomic E-state index is 0.216. The highest BCUT2D eigenvalue weighted by molar-refractivity contribution is 9.10. The van der Waals surface area contributed by atoms with Crippen molar-refractivity contribution in [2.75, 3.05) is 5.32 Å². The van der Waals surface area contributed by atoms with Crippen LogP contribution in [0, 0.1) is 0 Å². The molecule has 2 aromatic carbocycles. The van der Waals surface area contributed by atoms with E-state index in [9.17, 15) is 9.59 Å². The Morgan fingerprint density at radius 3 is 2.45 bits per heavy atom. The molecule has 1 N–H and O–H groups in total. The van der Waals surface area contributed by atoms with Gasteiger partial charge in [0, 0.05) is 16.9 Å². The number of benzene rings is 2. The molecule has 3 aromatic rings. The molecule has 0 radical (unpaired) electrons. The third kappa shape index (κ3) is 2.53. The van der Waals surface area contributed by atoms with Crippen LogP contribution < -0.4 is 10.9 Å². The number of aromatic nitrogens is 2. The molecule has 0 aliphatic heterocycles. The van der Waals surface area contributed by atoms with Crippen molar-refractivity contribution in [3.8, 4) is 0 Å². The van der Waals surface area contributed by atoms with E-state index in [1.54, 1.807) is 30.3 Å². The summed E-state index contributed by atoms with van der Waals surface area (Å²) in [7, 11) is 1.53. The van der Waals surface area contributed by atoms with Crippen LogP contribution in [0.2, 0.25) is 0 Å². The fourth-order valence-electron chi connectivity index (χ4n) is 2.21. The molecule has 0 saturated heterocycles. The summed E-state index contributed by atoms with van der Waals surface area (Å²) >= 11 is 3.38. The Bertz CT molecular complexity index is 934. The van der Waals surface area contributed by atoms with E-state index in [1.165, 1.54) is 11.7 Å². The highest BCUT2D eigenvalue weighted by atomic mass is 79.9. The number of carbonyl (C=O) groups is 1. The molecular weight excluding hydrogens is 346 g/mol. The number of para-hydroxylation sites is 1. The molecule has 1 heterocycles. The van der Waals surface area contributed by atoms with Crippen LogP contribution in [0.5, 0.6) is 0 Å². The Kier molecular flexibility index (Phi) is 3.77. The first-order valence-corrected chi connectivity index (χ1v) is 7.39. The molecule has 0 fully saturated rings. The zero-order chi connectivity index (χ0) is 15.7. The van der Waals surface area contributed by atoms with Gasteiger partial charge in [0.05, 0.1) is 11.1 Å². The second-order valence-electron chi connectivity index (χ2n) is 4.76. The topological polar surface area (TPSA) is 64.0 Å². The summed E-state index contributed by atoms with van der Waals surface area (Å²) in [4.78, 5) is 24.6. The predicted octanol–water partition coefficient (Wildman–Crippen LogP) is 2.95. The first-order valence-electron chi connectivity index (χ1n) is 6.60. The minimum Gasteiger partial charge on any atom is -0.320 e. The molecule has 0 unspecified atom stereocenters. The van der Waals surface area contributed by atoms with Crippen LogP contribution >= 0.6 is 15.9 Å². The van der Waals surface area contributed by atoms with E-state index in [2.05, 4.69) is 26.3 Å². The van der Waals surface area contributed by atoms with Gasteiger partial charge in [-0.15, -0.1) is 0 Å². The van der Waals surface area contributed by atoms with Gasteiger partial charge in [-0.2, -0.15) is 5.10 Å². The van der Waals surface area contributed by atoms with Crippen LogP contribution in [0.25, 0.3) is 10.8 Å². The quantitative estimate of drug-likeness (QED) is 0.766. The van der Waals surface area contributed by atoms with E-state index in [1.807, 2.05) is 18.2 Å². The summed E-state index contributed by atoms with van der Waals surface area (Å²) < 4.78 is 1.95. The van der Waals surface area contributed by atoms with Gasteiger partial charge < -0.3 is 5.32 Å². The standard InChI is InChI=1S/C16H12BrN3O2/c1-20-16(22)11-7-3-2-6-10(11)14(19-20)15(21)18-13-9-5-4-8-12(13)17/h2-9H,1H3,(H,18,21). The molecule has 6 heteroatoms. The maximum absolute atomic E-state index is 12.5. The van der Waals surface area contributed by atoms with Gasteiger partial charge in [-0.05, 0) is 34.1 Å². The van der Waals surface area contributed by atoms with Gasteiger partial charge in [-0.1, -0.05) is 30.3 Å². The van der Waals surface area contributed by atoms with Gasteiger partial charge in [0.25, 0.3) is 11.5 Å². The van der Waals surface area contributed by atoms with Gasteiger partial charge in [0.15, 0.2) is 5.69 Å². The zero-order valence-corrected chi connectivity index (χ0v) is 13.3. The lowest BCUT2D eigenvalue weighted by Gasteiger charge is -2.09. The zero-order valence-electron chi connectivity index (χ0n) is 11.7. The number of amides is 1. The maximum Gasteiger partial charge on any atom is 0.276 e. The van der Waals surface area contributed by atoms with Crippen molar-refractivity contribution in [1.82, 2.24) is 9.78 Å². The van der Waals surface area contributed by atoms with Crippen molar-refractivity contribution >= 4 is 38.3 Å². The molecule has 5 nitrogen and oxygen atoms in total. The van der Waals surface area contributed by atoms with E-state index in [0.717, 1.165) is 4.47 Å². The number of hydrogen-bond donors (Lipinski definition) is 1. The van der Waals surface area contributed by atoms with Gasteiger partial charge >= 0.3 is 0 Å². The van der Waals surface area contributed by atoms with E-state index in [0.29, 0.717) is 16.5 Å². The summed E-state index contributed by atoms with van der Waals surface area (Å²) in [6, 6.07) is 14.3. The molecule has 0 aliphatic rings. The summed E-state index contributed by atoms with van der Waals surface area (Å²) in [5.41, 5.74) is 0.633. The molecule has 110 valence electrons. The summed E-state index contributed by atoms with van der Waals surface area (Å²) in [6.45, 7) is 0. The van der Waals surface area contributed by atoms with Crippen LogP contribution in [0.3, 0.4) is 0 Å². The van der Waals surface area contributed by atoms with Gasteiger partial charge in [0.1, 0.15) is 0 Å². The number of anilines is 1. The van der Waals surface area contributed by atoms with Crippen LogP contribution in [0.1, 0.15) is 10.5 Å². The SMILES string of the molecule is Cn1nc(C(=O)Nc2ccccc2Br)c2ccccc2c1=O. The predicted molar refractivity (Wildman–Crippen MR) is 89.1 cm³/mol. The first-order chi connectivity index (χ1) is 10.6. The highest BCUT2D eigenvalue weighted by Crippen LogP contribution is 2.22. The fourth-order valence-corrected chi connectivity index (χ4v) is 2.60. The monoisotopic (exact) mass is 357 g/mol. The maximum atomic E-state index is 12.5. The van der Waals surface area contributed by atoms with Crippen LogP contribution in [-0.4, -0.2) is 15.7 Å². The van der Waals surface area contributed by atoms with Crippen molar-refractivity contribution < 1.29 is 4.79 Å². The highest BCUT2D eigenvalue weighted by Gasteiger charge is 2.16. The number of nitrogens with one attached hydrogen (secondary N) is 1. The average molecular weight is 358 g/mol. The van der Waals surface area contributed by atoms with E-state index >= 15 is 0 Å². The molecule has 0 bridgehead atoms. The number of fused-ring (bicyclic) bond motifs is 1. The molecule has 1 amide bonds. The van der Waals surface area contributed by atoms with Crippen LogP contribution in [0.15, 0.2) is 57.8 Å². The lowest BCUT2D eigenvalue weighted by Crippen LogP contribution is -2.25. The van der Waals surface area contributed by atoms with Crippen molar-refractivity contribution in [2.24, 2.45) is 7.05 Å². The van der Waals surface area contributed by atoms with E-state index in [4.69, 9.17) is 0 Å². The molecule has 0 aliphatic carbocycles. The summed E-state index contributed by atoms with van der Waals surface area (Å²) in [5.74, 6) is -0.362. The Balaban J connectivity index is 2.11. The lowest BCUT2D eigenvalue weighted by molar-refractivity contribution is 0.102. The Hall–Kier alpha value is -2.47. The van der Waals surface area contributed by atoms with Crippen molar-refractivity contribution in [2.45, 2.75) is 0 Å². The number of halogens is 1. The van der Waals surface area contributed by atoms with E-state index < -0.39 is 0 Å². The van der Waals surface area contributed by atoms with Crippen LogP contribution in [0.4, 0.5) is 5.69 Å². The van der Waals surface area contributed by atoms with Crippen LogP contribution in [-0.2, 0) is 7.05 Å². The average Bonchev–Trinajstić information content (AvgIpc) is 2.53. The fraction of sp³-hybridized carbons (Fsp3) is 0.0625.